The summed E-state index contributed by atoms with van der Waals surface area (Å²) in [6, 6.07) is 15.9. The van der Waals surface area contributed by atoms with Gasteiger partial charge in [0.15, 0.2) is 5.79 Å². The smallest absolute Gasteiger partial charge is 0.187 e. The zero-order chi connectivity index (χ0) is 20.1. The summed E-state index contributed by atoms with van der Waals surface area (Å²) in [6.07, 6.45) is 6.91. The second-order valence-electron chi connectivity index (χ2n) is 7.45. The van der Waals surface area contributed by atoms with E-state index in [-0.39, 0.29) is 6.10 Å². The summed E-state index contributed by atoms with van der Waals surface area (Å²) < 4.78 is 20.5. The van der Waals surface area contributed by atoms with Gasteiger partial charge in [0.25, 0.3) is 0 Å². The molecule has 3 aromatic rings. The maximum absolute atomic E-state index is 6.40. The minimum Gasteiger partial charge on any atom is -0.491 e. The fourth-order valence-corrected chi connectivity index (χ4v) is 3.66. The minimum absolute atomic E-state index is 0.121. The van der Waals surface area contributed by atoms with E-state index in [0.29, 0.717) is 19.8 Å². The van der Waals surface area contributed by atoms with Crippen molar-refractivity contribution in [3.8, 4) is 5.75 Å². The fraction of sp³-hybridized carbons (Fsp3) is 0.348. The Morgan fingerprint density at radius 3 is 2.86 bits per heavy atom. The normalized spacial score (nSPS) is 21.4. The van der Waals surface area contributed by atoms with E-state index in [1.54, 1.807) is 12.5 Å². The summed E-state index contributed by atoms with van der Waals surface area (Å²) in [5.41, 5.74) is 2.37. The van der Waals surface area contributed by atoms with Crippen LogP contribution in [0.3, 0.4) is 0 Å². The van der Waals surface area contributed by atoms with Gasteiger partial charge in [0.1, 0.15) is 18.5 Å². The SMILES string of the molecule is Cc1cccc(OCC2COC(CCc3ccc(Cl)cc3)(Cn3ccnc3)O2)c1. The highest BCUT2D eigenvalue weighted by Crippen LogP contribution is 2.31. The predicted molar refractivity (Wildman–Crippen MR) is 112 cm³/mol. The molecular formula is C23H25ClN2O3. The number of hydrogen-bond acceptors (Lipinski definition) is 4. The molecule has 2 unspecified atom stereocenters. The Labute approximate surface area is 176 Å². The Morgan fingerprint density at radius 2 is 2.10 bits per heavy atom. The number of benzene rings is 2. The Morgan fingerprint density at radius 1 is 1.24 bits per heavy atom. The van der Waals surface area contributed by atoms with Crippen molar-refractivity contribution in [1.82, 2.24) is 9.55 Å². The first kappa shape index (κ1) is 20.0. The molecule has 0 N–H and O–H groups in total. The first-order valence-electron chi connectivity index (χ1n) is 9.82. The molecule has 2 aromatic carbocycles. The number of halogens is 1. The summed E-state index contributed by atoms with van der Waals surface area (Å²) in [6.45, 7) is 3.59. The van der Waals surface area contributed by atoms with Crippen molar-refractivity contribution in [2.75, 3.05) is 13.2 Å². The Balaban J connectivity index is 1.41. The third kappa shape index (κ3) is 5.38. The van der Waals surface area contributed by atoms with Gasteiger partial charge in [0.05, 0.1) is 19.5 Å². The zero-order valence-corrected chi connectivity index (χ0v) is 17.2. The molecule has 29 heavy (non-hydrogen) atoms. The molecule has 0 amide bonds. The molecule has 1 saturated heterocycles. The summed E-state index contributed by atoms with van der Waals surface area (Å²) in [7, 11) is 0. The average molecular weight is 413 g/mol. The van der Waals surface area contributed by atoms with Gasteiger partial charge < -0.3 is 18.8 Å². The lowest BCUT2D eigenvalue weighted by Crippen LogP contribution is -2.37. The second kappa shape index (κ2) is 8.99. The lowest BCUT2D eigenvalue weighted by molar-refractivity contribution is -0.184. The van der Waals surface area contributed by atoms with Gasteiger partial charge in [-0.25, -0.2) is 4.98 Å². The maximum atomic E-state index is 6.40. The van der Waals surface area contributed by atoms with Crippen LogP contribution < -0.4 is 4.74 Å². The second-order valence-corrected chi connectivity index (χ2v) is 7.89. The van der Waals surface area contributed by atoms with Gasteiger partial charge in [0.2, 0.25) is 0 Å². The van der Waals surface area contributed by atoms with Gasteiger partial charge in [-0.15, -0.1) is 0 Å². The number of imidazole rings is 1. The summed E-state index contributed by atoms with van der Waals surface area (Å²) in [4.78, 5) is 4.14. The van der Waals surface area contributed by atoms with E-state index >= 15 is 0 Å². The number of aromatic nitrogens is 2. The molecule has 2 atom stereocenters. The van der Waals surface area contributed by atoms with Crippen LogP contribution in [-0.4, -0.2) is 34.7 Å². The predicted octanol–water partition coefficient (Wildman–Crippen LogP) is 4.67. The number of nitrogens with zero attached hydrogens (tertiary/aromatic N) is 2. The van der Waals surface area contributed by atoms with E-state index in [9.17, 15) is 0 Å². The van der Waals surface area contributed by atoms with Crippen molar-refractivity contribution in [2.24, 2.45) is 0 Å². The molecule has 0 spiro atoms. The van der Waals surface area contributed by atoms with Gasteiger partial charge >= 0.3 is 0 Å². The molecule has 0 saturated carbocycles. The maximum Gasteiger partial charge on any atom is 0.187 e. The molecule has 5 nitrogen and oxygen atoms in total. The molecular weight excluding hydrogens is 388 g/mol. The molecule has 1 aliphatic heterocycles. The van der Waals surface area contributed by atoms with Gasteiger partial charge in [-0.1, -0.05) is 35.9 Å². The minimum atomic E-state index is -0.707. The highest BCUT2D eigenvalue weighted by atomic mass is 35.5. The van der Waals surface area contributed by atoms with Crippen LogP contribution >= 0.6 is 11.6 Å². The summed E-state index contributed by atoms with van der Waals surface area (Å²) >= 11 is 6.00. The fourth-order valence-electron chi connectivity index (χ4n) is 3.53. The van der Waals surface area contributed by atoms with E-state index in [1.165, 1.54) is 11.1 Å². The molecule has 0 bridgehead atoms. The molecule has 1 fully saturated rings. The largest absolute Gasteiger partial charge is 0.491 e. The van der Waals surface area contributed by atoms with E-state index in [1.807, 2.05) is 53.2 Å². The Kier molecular flexibility index (Phi) is 6.19. The van der Waals surface area contributed by atoms with Crippen LogP contribution in [0.25, 0.3) is 0 Å². The van der Waals surface area contributed by atoms with E-state index < -0.39 is 5.79 Å². The highest BCUT2D eigenvalue weighted by molar-refractivity contribution is 6.30. The third-order valence-electron chi connectivity index (χ3n) is 5.03. The number of aryl methyl sites for hydroxylation is 2. The van der Waals surface area contributed by atoms with Crippen LogP contribution in [0.15, 0.2) is 67.3 Å². The number of hydrogen-bond donors (Lipinski definition) is 0. The van der Waals surface area contributed by atoms with Crippen molar-refractivity contribution in [3.05, 3.63) is 83.4 Å². The lowest BCUT2D eigenvalue weighted by atomic mass is 10.0. The van der Waals surface area contributed by atoms with Crippen molar-refractivity contribution >= 4 is 11.6 Å². The molecule has 0 aliphatic carbocycles. The summed E-state index contributed by atoms with van der Waals surface area (Å²) in [5, 5.41) is 0.739. The first-order chi connectivity index (χ1) is 14.1. The zero-order valence-electron chi connectivity index (χ0n) is 16.5. The highest BCUT2D eigenvalue weighted by Gasteiger charge is 2.42. The van der Waals surface area contributed by atoms with Gasteiger partial charge in [-0.3, -0.25) is 0 Å². The standard InChI is InChI=1S/C23H25ClN2O3/c1-18-3-2-4-21(13-18)27-14-22-15-28-23(29-22,16-26-12-11-25-17-26)10-9-19-5-7-20(24)8-6-19/h2-8,11-13,17,22H,9-10,14-16H2,1H3. The van der Waals surface area contributed by atoms with Crippen LogP contribution in [0.1, 0.15) is 17.5 Å². The van der Waals surface area contributed by atoms with Crippen molar-refractivity contribution in [3.63, 3.8) is 0 Å². The van der Waals surface area contributed by atoms with Gasteiger partial charge in [-0.2, -0.15) is 0 Å². The average Bonchev–Trinajstić information content (AvgIpc) is 3.37. The molecule has 1 aromatic heterocycles. The van der Waals surface area contributed by atoms with E-state index in [4.69, 9.17) is 25.8 Å². The number of ether oxygens (including phenoxy) is 3. The van der Waals surface area contributed by atoms with Crippen LogP contribution in [0.4, 0.5) is 0 Å². The van der Waals surface area contributed by atoms with Crippen molar-refractivity contribution in [2.45, 2.75) is 38.2 Å². The molecule has 1 aliphatic rings. The van der Waals surface area contributed by atoms with Crippen LogP contribution in [0, 0.1) is 6.92 Å². The Hall–Kier alpha value is -2.34. The molecule has 4 rings (SSSR count). The number of rotatable bonds is 8. The topological polar surface area (TPSA) is 45.5 Å². The quantitative estimate of drug-likeness (QED) is 0.539. The van der Waals surface area contributed by atoms with Crippen LogP contribution in [-0.2, 0) is 22.4 Å². The van der Waals surface area contributed by atoms with Gasteiger partial charge in [-0.05, 0) is 48.7 Å². The Bertz CT molecular complexity index is 914. The molecule has 2 heterocycles. The van der Waals surface area contributed by atoms with Crippen molar-refractivity contribution in [1.29, 1.82) is 0 Å². The van der Waals surface area contributed by atoms with Crippen LogP contribution in [0.2, 0.25) is 5.02 Å². The molecule has 0 radical (unpaired) electrons. The molecule has 152 valence electrons. The summed E-state index contributed by atoms with van der Waals surface area (Å²) in [5.74, 6) is 0.142. The third-order valence-corrected chi connectivity index (χ3v) is 5.28. The van der Waals surface area contributed by atoms with Gasteiger partial charge in [0, 0.05) is 23.8 Å². The van der Waals surface area contributed by atoms with Crippen LogP contribution in [0.5, 0.6) is 5.75 Å². The first-order valence-corrected chi connectivity index (χ1v) is 10.2. The van der Waals surface area contributed by atoms with Crippen molar-refractivity contribution < 1.29 is 14.2 Å². The van der Waals surface area contributed by atoms with E-state index in [2.05, 4.69) is 18.0 Å². The molecule has 6 heteroatoms. The van der Waals surface area contributed by atoms with E-state index in [0.717, 1.165) is 23.6 Å². The monoisotopic (exact) mass is 412 g/mol. The lowest BCUT2D eigenvalue weighted by Gasteiger charge is -2.28.